The molecule has 1 amide bonds. The number of fused-ring (bicyclic) bond motifs is 2. The van der Waals surface area contributed by atoms with E-state index in [1.54, 1.807) is 16.0 Å². The van der Waals surface area contributed by atoms with E-state index in [1.165, 1.54) is 34.2 Å². The van der Waals surface area contributed by atoms with E-state index in [1.807, 2.05) is 32.0 Å². The van der Waals surface area contributed by atoms with Gasteiger partial charge in [-0.1, -0.05) is 35.1 Å². The van der Waals surface area contributed by atoms with E-state index in [-0.39, 0.29) is 5.91 Å². The predicted octanol–water partition coefficient (Wildman–Crippen LogP) is 5.47. The van der Waals surface area contributed by atoms with Crippen molar-refractivity contribution in [1.82, 2.24) is 14.8 Å². The predicted molar refractivity (Wildman–Crippen MR) is 126 cm³/mol. The van der Waals surface area contributed by atoms with E-state index >= 15 is 0 Å². The molecule has 1 aliphatic rings. The molecule has 2 heterocycles. The molecule has 0 spiro atoms. The zero-order valence-corrected chi connectivity index (χ0v) is 19.0. The summed E-state index contributed by atoms with van der Waals surface area (Å²) in [5.74, 6) is 0.612. The van der Waals surface area contributed by atoms with E-state index in [9.17, 15) is 4.79 Å². The number of benzene rings is 2. The molecule has 5 rings (SSSR count). The van der Waals surface area contributed by atoms with Crippen LogP contribution in [0.25, 0.3) is 15.3 Å². The van der Waals surface area contributed by atoms with Crippen LogP contribution < -0.4 is 5.32 Å². The van der Waals surface area contributed by atoms with Crippen molar-refractivity contribution in [3.05, 3.63) is 69.9 Å². The highest BCUT2D eigenvalue weighted by atomic mass is 32.1. The summed E-state index contributed by atoms with van der Waals surface area (Å²) < 4.78 is 2.94. The van der Waals surface area contributed by atoms with Gasteiger partial charge in [0, 0.05) is 6.07 Å². The van der Waals surface area contributed by atoms with E-state index in [4.69, 9.17) is 4.98 Å². The average Bonchev–Trinajstić information content (AvgIpc) is 3.30. The fourth-order valence-corrected chi connectivity index (χ4v) is 5.35. The SMILES string of the molecule is Cc1ccc(CC(=O)Nc2cc(C)nn2-c2nc3cc4c(cc3s2)CCCC4)c(C)c1. The summed E-state index contributed by atoms with van der Waals surface area (Å²) >= 11 is 1.62. The molecular formula is C25H26N4OS. The fourth-order valence-electron chi connectivity index (χ4n) is 4.37. The van der Waals surface area contributed by atoms with Crippen molar-refractivity contribution in [3.8, 4) is 5.13 Å². The standard InChI is InChI=1S/C25H26N4OS/c1-15-8-9-18(16(2)10-15)14-24(30)27-23-11-17(3)28-29(23)25-26-21-12-19-6-4-5-7-20(19)13-22(21)31-25/h8-13H,4-7,14H2,1-3H3,(H,27,30). The maximum absolute atomic E-state index is 12.8. The number of carbonyl (C=O) groups excluding carboxylic acids is 1. The van der Waals surface area contributed by atoms with Gasteiger partial charge in [0.25, 0.3) is 0 Å². The Bertz CT molecular complexity index is 1260. The first-order valence-electron chi connectivity index (χ1n) is 10.8. The van der Waals surface area contributed by atoms with Crippen LogP contribution in [-0.2, 0) is 24.1 Å². The van der Waals surface area contributed by atoms with Crippen molar-refractivity contribution in [3.63, 3.8) is 0 Å². The van der Waals surface area contributed by atoms with Gasteiger partial charge in [0.05, 0.1) is 22.3 Å². The molecule has 0 saturated heterocycles. The minimum Gasteiger partial charge on any atom is -0.310 e. The number of amides is 1. The molecule has 0 aliphatic heterocycles. The van der Waals surface area contributed by atoms with Gasteiger partial charge in [-0.2, -0.15) is 9.78 Å². The van der Waals surface area contributed by atoms with Gasteiger partial charge >= 0.3 is 0 Å². The minimum absolute atomic E-state index is 0.0512. The Balaban J connectivity index is 1.43. The molecule has 0 bridgehead atoms. The number of rotatable bonds is 4. The summed E-state index contributed by atoms with van der Waals surface area (Å²) in [6.07, 6.45) is 5.14. The lowest BCUT2D eigenvalue weighted by Crippen LogP contribution is -2.17. The first-order chi connectivity index (χ1) is 15.0. The highest BCUT2D eigenvalue weighted by Crippen LogP contribution is 2.32. The van der Waals surface area contributed by atoms with Crippen LogP contribution in [0.2, 0.25) is 0 Å². The highest BCUT2D eigenvalue weighted by molar-refractivity contribution is 7.20. The van der Waals surface area contributed by atoms with Gasteiger partial charge in [0.15, 0.2) is 0 Å². The number of hydrogen-bond acceptors (Lipinski definition) is 4. The van der Waals surface area contributed by atoms with E-state index < -0.39 is 0 Å². The van der Waals surface area contributed by atoms with Crippen LogP contribution in [0, 0.1) is 20.8 Å². The second kappa shape index (κ2) is 7.93. The van der Waals surface area contributed by atoms with Gasteiger partial charge in [-0.15, -0.1) is 0 Å². The Morgan fingerprint density at radius 3 is 2.61 bits per heavy atom. The monoisotopic (exact) mass is 430 g/mol. The second-order valence-corrected chi connectivity index (χ2v) is 9.54. The molecule has 158 valence electrons. The van der Waals surface area contributed by atoms with Crippen molar-refractivity contribution in [2.45, 2.75) is 52.9 Å². The summed E-state index contributed by atoms with van der Waals surface area (Å²) in [7, 11) is 0. The average molecular weight is 431 g/mol. The lowest BCUT2D eigenvalue weighted by Gasteiger charge is -2.14. The lowest BCUT2D eigenvalue weighted by atomic mass is 9.92. The van der Waals surface area contributed by atoms with Crippen LogP contribution in [-0.4, -0.2) is 20.7 Å². The van der Waals surface area contributed by atoms with Gasteiger partial charge in [-0.05, 0) is 80.8 Å². The van der Waals surface area contributed by atoms with Crippen molar-refractivity contribution in [2.24, 2.45) is 0 Å². The number of anilines is 1. The molecule has 5 nitrogen and oxygen atoms in total. The Morgan fingerprint density at radius 2 is 1.84 bits per heavy atom. The Kier molecular flexibility index (Phi) is 5.10. The van der Waals surface area contributed by atoms with E-state index in [0.29, 0.717) is 12.2 Å². The molecule has 6 heteroatoms. The van der Waals surface area contributed by atoms with Gasteiger partial charge in [0.2, 0.25) is 11.0 Å². The molecule has 0 unspecified atom stereocenters. The van der Waals surface area contributed by atoms with Crippen LogP contribution in [0.3, 0.4) is 0 Å². The third-order valence-electron chi connectivity index (χ3n) is 5.97. The van der Waals surface area contributed by atoms with Crippen LogP contribution in [0.15, 0.2) is 36.4 Å². The first-order valence-corrected chi connectivity index (χ1v) is 11.6. The molecule has 0 atom stereocenters. The molecule has 0 radical (unpaired) electrons. The van der Waals surface area contributed by atoms with Gasteiger partial charge in [-0.25, -0.2) is 4.98 Å². The van der Waals surface area contributed by atoms with E-state index in [2.05, 4.69) is 35.5 Å². The molecule has 4 aromatic rings. The van der Waals surface area contributed by atoms with Crippen molar-refractivity contribution >= 4 is 33.3 Å². The number of aryl methyl sites for hydroxylation is 5. The zero-order valence-electron chi connectivity index (χ0n) is 18.2. The Labute approximate surface area is 186 Å². The number of thiazole rings is 1. The summed E-state index contributed by atoms with van der Waals surface area (Å²) in [5.41, 5.74) is 8.11. The van der Waals surface area contributed by atoms with Crippen molar-refractivity contribution < 1.29 is 4.79 Å². The van der Waals surface area contributed by atoms with Crippen LogP contribution in [0.5, 0.6) is 0 Å². The maximum Gasteiger partial charge on any atom is 0.229 e. The highest BCUT2D eigenvalue weighted by Gasteiger charge is 2.17. The normalized spacial score (nSPS) is 13.4. The summed E-state index contributed by atoms with van der Waals surface area (Å²) in [6, 6.07) is 12.6. The molecule has 2 aromatic heterocycles. The number of nitrogens with zero attached hydrogens (tertiary/aromatic N) is 3. The fraction of sp³-hybridized carbons (Fsp3) is 0.320. The smallest absolute Gasteiger partial charge is 0.229 e. The summed E-state index contributed by atoms with van der Waals surface area (Å²) in [5, 5.41) is 8.45. The largest absolute Gasteiger partial charge is 0.310 e. The minimum atomic E-state index is -0.0512. The van der Waals surface area contributed by atoms with Crippen molar-refractivity contribution in [2.75, 3.05) is 5.32 Å². The Morgan fingerprint density at radius 1 is 1.06 bits per heavy atom. The molecule has 2 aromatic carbocycles. The molecule has 31 heavy (non-hydrogen) atoms. The molecule has 0 saturated carbocycles. The number of carbonyl (C=O) groups is 1. The zero-order chi connectivity index (χ0) is 21.5. The van der Waals surface area contributed by atoms with Crippen LogP contribution in [0.4, 0.5) is 5.82 Å². The molecule has 0 fully saturated rings. The molecular weight excluding hydrogens is 404 g/mol. The van der Waals surface area contributed by atoms with Gasteiger partial charge in [-0.3, -0.25) is 4.79 Å². The Hall–Kier alpha value is -2.99. The lowest BCUT2D eigenvalue weighted by molar-refractivity contribution is -0.115. The maximum atomic E-state index is 12.8. The molecule has 1 N–H and O–H groups in total. The number of aromatic nitrogens is 3. The summed E-state index contributed by atoms with van der Waals surface area (Å²) in [4.78, 5) is 17.6. The third kappa shape index (κ3) is 4.00. The topological polar surface area (TPSA) is 59.8 Å². The van der Waals surface area contributed by atoms with Crippen molar-refractivity contribution in [1.29, 1.82) is 0 Å². The number of nitrogens with one attached hydrogen (secondary N) is 1. The number of hydrogen-bond donors (Lipinski definition) is 1. The second-order valence-electron chi connectivity index (χ2n) is 8.53. The quantitative estimate of drug-likeness (QED) is 0.467. The van der Waals surface area contributed by atoms with Gasteiger partial charge < -0.3 is 5.32 Å². The van der Waals surface area contributed by atoms with E-state index in [0.717, 1.165) is 40.3 Å². The third-order valence-corrected chi connectivity index (χ3v) is 6.96. The van der Waals surface area contributed by atoms with Crippen LogP contribution >= 0.6 is 11.3 Å². The van der Waals surface area contributed by atoms with Gasteiger partial charge in [0.1, 0.15) is 5.82 Å². The molecule has 1 aliphatic carbocycles. The van der Waals surface area contributed by atoms with Crippen LogP contribution in [0.1, 0.15) is 46.4 Å². The summed E-state index contributed by atoms with van der Waals surface area (Å²) in [6.45, 7) is 6.04. The first kappa shape index (κ1) is 19.9.